The Morgan fingerprint density at radius 2 is 2.14 bits per heavy atom. The molecule has 3 aliphatic heterocycles. The molecule has 1 N–H and O–H groups in total. The van der Waals surface area contributed by atoms with Gasteiger partial charge < -0.3 is 9.84 Å². The van der Waals surface area contributed by atoms with Crippen molar-refractivity contribution < 1.29 is 19.4 Å². The fraction of sp³-hybridized carbons (Fsp3) is 0.333. The minimum absolute atomic E-state index is 0.239. The Balaban J connectivity index is 1.79. The van der Waals surface area contributed by atoms with E-state index < -0.39 is 23.5 Å². The van der Waals surface area contributed by atoms with Crippen molar-refractivity contribution in [1.29, 1.82) is 0 Å². The summed E-state index contributed by atoms with van der Waals surface area (Å²) in [5.41, 5.74) is -0.447. The van der Waals surface area contributed by atoms with E-state index in [1.54, 1.807) is 24.3 Å². The van der Waals surface area contributed by atoms with Gasteiger partial charge in [0, 0.05) is 3.57 Å². The van der Waals surface area contributed by atoms with E-state index in [1.807, 2.05) is 12.1 Å². The summed E-state index contributed by atoms with van der Waals surface area (Å²) in [6.45, 7) is -0.291. The van der Waals surface area contributed by atoms with Gasteiger partial charge in [-0.1, -0.05) is 18.2 Å². The van der Waals surface area contributed by atoms with Crippen molar-refractivity contribution in [2.24, 2.45) is 11.8 Å². The molecule has 0 spiro atoms. The quantitative estimate of drug-likeness (QED) is 0.461. The lowest BCUT2D eigenvalue weighted by atomic mass is 9.77. The van der Waals surface area contributed by atoms with Crippen LogP contribution in [0.2, 0.25) is 0 Å². The van der Waals surface area contributed by atoms with Gasteiger partial charge in [0.1, 0.15) is 5.60 Å². The molecular formula is C15H12INO4. The van der Waals surface area contributed by atoms with Crippen molar-refractivity contribution in [2.75, 3.05) is 11.5 Å². The number of aliphatic hydroxyl groups is 1. The Hall–Kier alpha value is -1.25. The maximum atomic E-state index is 12.7. The maximum absolute atomic E-state index is 12.7. The minimum Gasteiger partial charge on any atom is -0.393 e. The highest BCUT2D eigenvalue weighted by Gasteiger charge is 2.67. The van der Waals surface area contributed by atoms with Crippen LogP contribution in [0.5, 0.6) is 0 Å². The van der Waals surface area contributed by atoms with E-state index in [2.05, 4.69) is 22.6 Å². The summed E-state index contributed by atoms with van der Waals surface area (Å²) >= 11 is 2.14. The predicted octanol–water partition coefficient (Wildman–Crippen LogP) is 1.10. The molecule has 0 saturated carbocycles. The lowest BCUT2D eigenvalue weighted by Crippen LogP contribution is -2.43. The van der Waals surface area contributed by atoms with Gasteiger partial charge in [-0.25, -0.2) is 4.90 Å². The third kappa shape index (κ3) is 1.63. The number of amides is 2. The molecule has 0 radical (unpaired) electrons. The lowest BCUT2D eigenvalue weighted by Gasteiger charge is -2.26. The second-order valence-corrected chi connectivity index (χ2v) is 6.80. The Morgan fingerprint density at radius 3 is 2.86 bits per heavy atom. The number of aliphatic hydroxyl groups excluding tert-OH is 1. The summed E-state index contributed by atoms with van der Waals surface area (Å²) in [4.78, 5) is 26.6. The first-order valence-corrected chi connectivity index (χ1v) is 7.77. The van der Waals surface area contributed by atoms with Crippen LogP contribution < -0.4 is 4.90 Å². The largest absolute Gasteiger partial charge is 0.393 e. The zero-order valence-corrected chi connectivity index (χ0v) is 13.1. The predicted molar refractivity (Wildman–Crippen MR) is 82.5 cm³/mol. The molecule has 0 unspecified atom stereocenters. The topological polar surface area (TPSA) is 66.8 Å². The fourth-order valence-electron chi connectivity index (χ4n) is 3.55. The van der Waals surface area contributed by atoms with Crippen LogP contribution in [-0.4, -0.2) is 35.2 Å². The summed E-state index contributed by atoms with van der Waals surface area (Å²) in [6, 6.07) is 7.27. The number of imide groups is 1. The van der Waals surface area contributed by atoms with Crippen LogP contribution in [0.25, 0.3) is 0 Å². The number of halogens is 1. The summed E-state index contributed by atoms with van der Waals surface area (Å²) in [5.74, 6) is -1.67. The number of hydrogen-bond acceptors (Lipinski definition) is 4. The van der Waals surface area contributed by atoms with Crippen LogP contribution in [0, 0.1) is 15.4 Å². The molecule has 1 aromatic rings. The van der Waals surface area contributed by atoms with Crippen molar-refractivity contribution in [3.8, 4) is 0 Å². The minimum atomic E-state index is -1.03. The molecule has 4 atom stereocenters. The number of hydrogen-bond donors (Lipinski definition) is 1. The molecule has 108 valence electrons. The van der Waals surface area contributed by atoms with Gasteiger partial charge in [0.25, 0.3) is 0 Å². The molecule has 21 heavy (non-hydrogen) atoms. The number of carbonyl (C=O) groups excluding carboxylic acids is 2. The number of ether oxygens (including phenoxy) is 1. The molecule has 4 rings (SSSR count). The van der Waals surface area contributed by atoms with Crippen LogP contribution in [0.15, 0.2) is 36.4 Å². The van der Waals surface area contributed by atoms with Gasteiger partial charge >= 0.3 is 0 Å². The summed E-state index contributed by atoms with van der Waals surface area (Å²) < 4.78 is 6.65. The van der Waals surface area contributed by atoms with Crippen molar-refractivity contribution in [2.45, 2.75) is 11.7 Å². The molecule has 2 bridgehead atoms. The van der Waals surface area contributed by atoms with E-state index in [0.717, 1.165) is 3.57 Å². The molecule has 2 amide bonds. The Morgan fingerprint density at radius 1 is 1.33 bits per heavy atom. The normalized spacial score (nSPS) is 36.7. The van der Waals surface area contributed by atoms with Crippen LogP contribution in [0.4, 0.5) is 5.69 Å². The third-order valence-corrected chi connectivity index (χ3v) is 5.14. The second-order valence-electron chi connectivity index (χ2n) is 5.55. The lowest BCUT2D eigenvalue weighted by molar-refractivity contribution is -0.128. The zero-order chi connectivity index (χ0) is 14.8. The van der Waals surface area contributed by atoms with Crippen molar-refractivity contribution >= 4 is 40.1 Å². The Bertz CT molecular complexity index is 688. The van der Waals surface area contributed by atoms with Crippen LogP contribution in [0.1, 0.15) is 0 Å². The first kappa shape index (κ1) is 13.4. The highest BCUT2D eigenvalue weighted by molar-refractivity contribution is 14.1. The Labute approximate surface area is 134 Å². The van der Waals surface area contributed by atoms with Gasteiger partial charge in [-0.15, -0.1) is 0 Å². The highest BCUT2D eigenvalue weighted by atomic mass is 127. The van der Waals surface area contributed by atoms with Gasteiger partial charge in [0.05, 0.1) is 30.2 Å². The molecule has 6 heteroatoms. The Kier molecular flexibility index (Phi) is 2.79. The molecular weight excluding hydrogens is 385 g/mol. The van der Waals surface area contributed by atoms with Gasteiger partial charge in [-0.05, 0) is 40.8 Å². The number of benzene rings is 1. The second kappa shape index (κ2) is 4.37. The first-order valence-electron chi connectivity index (χ1n) is 6.69. The highest BCUT2D eigenvalue weighted by Crippen LogP contribution is 2.52. The standard InChI is InChI=1S/C15H12INO4/c16-8-2-1-3-9(6-8)17-13(19)11-10-4-5-15(7-18,21-10)12(11)14(17)20/h1-6,10-12,18H,7H2/t10-,11-,12-,15+/m1/s1. The number of nitrogens with zero attached hydrogens (tertiary/aromatic N) is 1. The van der Waals surface area contributed by atoms with Crippen LogP contribution in [0.3, 0.4) is 0 Å². The zero-order valence-electron chi connectivity index (χ0n) is 10.9. The molecule has 3 heterocycles. The molecule has 1 aromatic carbocycles. The van der Waals surface area contributed by atoms with Gasteiger partial charge in [-0.2, -0.15) is 0 Å². The van der Waals surface area contributed by atoms with E-state index in [0.29, 0.717) is 5.69 Å². The summed E-state index contributed by atoms with van der Waals surface area (Å²) in [7, 11) is 0. The average Bonchev–Trinajstić information content (AvgIpc) is 3.10. The SMILES string of the molecule is O=C1[C@@H]2[C@H]3C=C[C@@](CO)(O3)[C@H]2C(=O)N1c1cccc(I)c1. The maximum Gasteiger partial charge on any atom is 0.241 e. The van der Waals surface area contributed by atoms with Crippen LogP contribution in [-0.2, 0) is 14.3 Å². The first-order chi connectivity index (χ1) is 10.1. The monoisotopic (exact) mass is 397 g/mol. The molecule has 5 nitrogen and oxygen atoms in total. The summed E-state index contributed by atoms with van der Waals surface area (Å²) in [5, 5.41) is 9.64. The summed E-state index contributed by atoms with van der Waals surface area (Å²) in [6.07, 6.45) is 3.09. The van der Waals surface area contributed by atoms with Crippen molar-refractivity contribution in [1.82, 2.24) is 0 Å². The average molecular weight is 397 g/mol. The smallest absolute Gasteiger partial charge is 0.241 e. The fourth-order valence-corrected chi connectivity index (χ4v) is 4.08. The van der Waals surface area contributed by atoms with Crippen molar-refractivity contribution in [3.05, 3.63) is 40.0 Å². The number of fused-ring (bicyclic) bond motifs is 5. The molecule has 2 fully saturated rings. The van der Waals surface area contributed by atoms with Crippen LogP contribution >= 0.6 is 22.6 Å². The van der Waals surface area contributed by atoms with Gasteiger partial charge in [0.2, 0.25) is 11.8 Å². The van der Waals surface area contributed by atoms with Gasteiger partial charge in [-0.3, -0.25) is 9.59 Å². The number of anilines is 1. The number of carbonyl (C=O) groups is 2. The van der Waals surface area contributed by atoms with E-state index in [-0.39, 0.29) is 18.4 Å². The third-order valence-electron chi connectivity index (χ3n) is 4.47. The van der Waals surface area contributed by atoms with Crippen molar-refractivity contribution in [3.63, 3.8) is 0 Å². The number of rotatable bonds is 2. The van der Waals surface area contributed by atoms with E-state index >= 15 is 0 Å². The van der Waals surface area contributed by atoms with Gasteiger partial charge in [0.15, 0.2) is 0 Å². The molecule has 3 aliphatic rings. The van der Waals surface area contributed by atoms with E-state index in [1.165, 1.54) is 4.90 Å². The molecule has 0 aliphatic carbocycles. The van der Waals surface area contributed by atoms with E-state index in [9.17, 15) is 14.7 Å². The molecule has 2 saturated heterocycles. The molecule has 0 aromatic heterocycles. The van der Waals surface area contributed by atoms with E-state index in [4.69, 9.17) is 4.74 Å².